The quantitative estimate of drug-likeness (QED) is 0.459. The van der Waals surface area contributed by atoms with Crippen LogP contribution >= 0.6 is 0 Å². The van der Waals surface area contributed by atoms with Crippen LogP contribution in [-0.2, 0) is 4.74 Å². The van der Waals surface area contributed by atoms with Gasteiger partial charge in [-0.3, -0.25) is 0 Å². The molecule has 0 bridgehead atoms. The molecule has 1 rings (SSSR count). The van der Waals surface area contributed by atoms with Gasteiger partial charge < -0.3 is 4.74 Å². The van der Waals surface area contributed by atoms with Crippen molar-refractivity contribution in [1.82, 2.24) is 4.90 Å². The number of hydrogen-bond donors (Lipinski definition) is 0. The molecule has 0 aromatic heterocycles. The average molecular weight is 137 g/mol. The maximum atomic E-state index is 12.2. The fraction of sp³-hybridized carbons (Fsp3) is 0.750. The molecule has 0 aliphatic carbocycles. The zero-order valence-corrected chi connectivity index (χ0v) is 4.73. The van der Waals surface area contributed by atoms with E-state index in [0.29, 0.717) is 0 Å². The van der Waals surface area contributed by atoms with Crippen LogP contribution in [0.2, 0.25) is 0 Å². The summed E-state index contributed by atoms with van der Waals surface area (Å²) in [6.45, 7) is -0.831. The molecule has 0 unspecified atom stereocenters. The molecule has 1 aliphatic rings. The van der Waals surface area contributed by atoms with Gasteiger partial charge in [0, 0.05) is 7.05 Å². The molecule has 5 heteroatoms. The molecule has 1 heterocycles. The van der Waals surface area contributed by atoms with Crippen LogP contribution in [0.4, 0.5) is 13.6 Å². The normalized spacial score (nSPS) is 24.3. The largest absolute Gasteiger partial charge is 0.441 e. The summed E-state index contributed by atoms with van der Waals surface area (Å²) in [5, 5.41) is 0. The first-order valence-electron chi connectivity index (χ1n) is 2.32. The van der Waals surface area contributed by atoms with Gasteiger partial charge in [0.2, 0.25) is 0 Å². The number of ether oxygens (including phenoxy) is 1. The number of halogens is 2. The number of likely N-dealkylation sites (N-methyl/N-ethyl adjacent to an activating group) is 1. The third-order valence-corrected chi connectivity index (χ3v) is 1.13. The third-order valence-electron chi connectivity index (χ3n) is 1.13. The molecule has 0 spiro atoms. The van der Waals surface area contributed by atoms with Crippen LogP contribution in [0.15, 0.2) is 0 Å². The fourth-order valence-corrected chi connectivity index (χ4v) is 0.476. The summed E-state index contributed by atoms with van der Waals surface area (Å²) in [6.07, 6.45) is -0.972. The zero-order chi connectivity index (χ0) is 7.07. The Morgan fingerprint density at radius 2 is 2.33 bits per heavy atom. The van der Waals surface area contributed by atoms with Gasteiger partial charge >= 0.3 is 12.1 Å². The van der Waals surface area contributed by atoms with Gasteiger partial charge in [-0.15, -0.1) is 0 Å². The minimum Gasteiger partial charge on any atom is -0.441 e. The van der Waals surface area contributed by atoms with Crippen LogP contribution < -0.4 is 0 Å². The molecular formula is C4H5F2NO2. The monoisotopic (exact) mass is 137 g/mol. The Balaban J connectivity index is 2.73. The minimum atomic E-state index is -3.11. The van der Waals surface area contributed by atoms with E-state index in [1.807, 2.05) is 0 Å². The van der Waals surface area contributed by atoms with E-state index in [4.69, 9.17) is 0 Å². The molecular weight excluding hydrogens is 132 g/mol. The van der Waals surface area contributed by atoms with Gasteiger partial charge in [0.05, 0.1) is 0 Å². The van der Waals surface area contributed by atoms with Crippen LogP contribution in [-0.4, -0.2) is 30.7 Å². The van der Waals surface area contributed by atoms with Crippen molar-refractivity contribution in [3.8, 4) is 0 Å². The highest BCUT2D eigenvalue weighted by atomic mass is 19.3. The summed E-state index contributed by atoms with van der Waals surface area (Å²) in [6, 6.07) is -3.11. The lowest BCUT2D eigenvalue weighted by Gasteiger charge is -2.12. The minimum absolute atomic E-state index is 0.271. The molecule has 9 heavy (non-hydrogen) atoms. The third kappa shape index (κ3) is 0.820. The number of carbonyl (C=O) groups is 1. The van der Waals surface area contributed by atoms with E-state index >= 15 is 0 Å². The number of alkyl halides is 2. The average Bonchev–Trinajstić information content (AvgIpc) is 1.97. The van der Waals surface area contributed by atoms with Crippen LogP contribution in [0.25, 0.3) is 0 Å². The SMILES string of the molecule is CN1C(=O)OCC1(F)F. The van der Waals surface area contributed by atoms with E-state index < -0.39 is 18.7 Å². The van der Waals surface area contributed by atoms with Crippen molar-refractivity contribution < 1.29 is 18.3 Å². The van der Waals surface area contributed by atoms with Gasteiger partial charge in [0.1, 0.15) is 0 Å². The first-order chi connectivity index (χ1) is 4.04. The standard InChI is InChI=1S/C4H5F2NO2/c1-7-3(8)9-2-4(7,5)6/h2H2,1H3. The fourth-order valence-electron chi connectivity index (χ4n) is 0.476. The highest BCUT2D eigenvalue weighted by Gasteiger charge is 2.46. The topological polar surface area (TPSA) is 29.5 Å². The Labute approximate surface area is 50.2 Å². The van der Waals surface area contributed by atoms with Crippen molar-refractivity contribution in [3.63, 3.8) is 0 Å². The molecule has 3 nitrogen and oxygen atoms in total. The number of carbonyl (C=O) groups excluding carboxylic acids is 1. The van der Waals surface area contributed by atoms with Crippen molar-refractivity contribution in [2.75, 3.05) is 13.7 Å². The molecule has 0 saturated carbocycles. The van der Waals surface area contributed by atoms with E-state index in [-0.39, 0.29) is 4.90 Å². The number of nitrogens with zero attached hydrogens (tertiary/aromatic N) is 1. The highest BCUT2D eigenvalue weighted by Crippen LogP contribution is 2.24. The second-order valence-electron chi connectivity index (χ2n) is 1.78. The van der Waals surface area contributed by atoms with E-state index in [9.17, 15) is 13.6 Å². The van der Waals surface area contributed by atoms with Gasteiger partial charge in [-0.1, -0.05) is 0 Å². The summed E-state index contributed by atoms with van der Waals surface area (Å²) in [4.78, 5) is 10.5. The predicted molar refractivity (Wildman–Crippen MR) is 24.1 cm³/mol. The summed E-state index contributed by atoms with van der Waals surface area (Å²) in [5.74, 6) is 0. The number of cyclic esters (lactones) is 1. The van der Waals surface area contributed by atoms with Gasteiger partial charge in [0.15, 0.2) is 6.61 Å². The first kappa shape index (κ1) is 6.25. The van der Waals surface area contributed by atoms with Crippen LogP contribution in [0, 0.1) is 0 Å². The van der Waals surface area contributed by atoms with Gasteiger partial charge in [0.25, 0.3) is 0 Å². The second kappa shape index (κ2) is 1.55. The highest BCUT2D eigenvalue weighted by molar-refractivity contribution is 5.69. The molecule has 0 N–H and O–H groups in total. The smallest absolute Gasteiger partial charge is 0.414 e. The molecule has 1 saturated heterocycles. The Bertz CT molecular complexity index is 148. The Morgan fingerprint density at radius 1 is 1.78 bits per heavy atom. The van der Waals surface area contributed by atoms with E-state index in [2.05, 4.69) is 4.74 Å². The lowest BCUT2D eigenvalue weighted by atomic mass is 10.6. The van der Waals surface area contributed by atoms with Crippen molar-refractivity contribution >= 4 is 6.09 Å². The van der Waals surface area contributed by atoms with E-state index in [1.54, 1.807) is 0 Å². The summed E-state index contributed by atoms with van der Waals surface area (Å²) >= 11 is 0. The maximum absolute atomic E-state index is 12.2. The van der Waals surface area contributed by atoms with Gasteiger partial charge in [-0.05, 0) is 0 Å². The van der Waals surface area contributed by atoms with Crippen molar-refractivity contribution in [1.29, 1.82) is 0 Å². The molecule has 1 amide bonds. The predicted octanol–water partition coefficient (Wildman–Crippen LogP) is 0.661. The van der Waals surface area contributed by atoms with E-state index in [0.717, 1.165) is 7.05 Å². The summed E-state index contributed by atoms with van der Waals surface area (Å²) in [7, 11) is 0.995. The maximum Gasteiger partial charge on any atom is 0.414 e. The second-order valence-corrected chi connectivity index (χ2v) is 1.78. The van der Waals surface area contributed by atoms with Gasteiger partial charge in [-0.2, -0.15) is 8.78 Å². The zero-order valence-electron chi connectivity index (χ0n) is 4.73. The Hall–Kier alpha value is -0.870. The molecule has 0 radical (unpaired) electrons. The molecule has 0 aromatic rings. The number of rotatable bonds is 0. The van der Waals surface area contributed by atoms with Crippen LogP contribution in [0.3, 0.4) is 0 Å². The number of amides is 1. The van der Waals surface area contributed by atoms with Crippen molar-refractivity contribution in [3.05, 3.63) is 0 Å². The van der Waals surface area contributed by atoms with Crippen molar-refractivity contribution in [2.24, 2.45) is 0 Å². The molecule has 0 aromatic carbocycles. The Morgan fingerprint density at radius 3 is 2.44 bits per heavy atom. The number of hydrogen-bond acceptors (Lipinski definition) is 2. The van der Waals surface area contributed by atoms with Gasteiger partial charge in [-0.25, -0.2) is 9.69 Å². The lowest BCUT2D eigenvalue weighted by Crippen LogP contribution is -2.35. The van der Waals surface area contributed by atoms with E-state index in [1.165, 1.54) is 0 Å². The molecule has 1 aliphatic heterocycles. The first-order valence-corrected chi connectivity index (χ1v) is 2.32. The summed E-state index contributed by atoms with van der Waals surface area (Å²) < 4.78 is 28.4. The molecule has 1 fully saturated rings. The van der Waals surface area contributed by atoms with Crippen molar-refractivity contribution in [2.45, 2.75) is 6.05 Å². The molecule has 0 atom stereocenters. The summed E-state index contributed by atoms with van der Waals surface area (Å²) in [5.41, 5.74) is 0. The lowest BCUT2D eigenvalue weighted by molar-refractivity contribution is -0.0897. The van der Waals surface area contributed by atoms with Crippen LogP contribution in [0.5, 0.6) is 0 Å². The van der Waals surface area contributed by atoms with Crippen LogP contribution in [0.1, 0.15) is 0 Å². The molecule has 52 valence electrons. The Kier molecular flexibility index (Phi) is 1.08.